The van der Waals surface area contributed by atoms with Crippen molar-refractivity contribution in [1.82, 2.24) is 35.0 Å². The molecule has 0 radical (unpaired) electrons. The number of carbonyl (C=O) groups is 1. The van der Waals surface area contributed by atoms with Crippen molar-refractivity contribution < 1.29 is 4.79 Å². The van der Waals surface area contributed by atoms with Gasteiger partial charge in [-0.15, -0.1) is 11.3 Å². The fourth-order valence-electron chi connectivity index (χ4n) is 5.44. The molecule has 10 nitrogen and oxygen atoms in total. The summed E-state index contributed by atoms with van der Waals surface area (Å²) in [5.74, 6) is 1.96. The Bertz CT molecular complexity index is 1590. The van der Waals surface area contributed by atoms with E-state index in [0.717, 1.165) is 70.8 Å². The predicted octanol–water partition coefficient (Wildman–Crippen LogP) is 3.55. The molecule has 37 heavy (non-hydrogen) atoms. The smallest absolute Gasteiger partial charge is 0.226 e. The molecule has 4 aromatic heterocycles. The van der Waals surface area contributed by atoms with Crippen molar-refractivity contribution >= 4 is 55.7 Å². The molecule has 0 unspecified atom stereocenters. The van der Waals surface area contributed by atoms with Gasteiger partial charge in [0, 0.05) is 60.4 Å². The molecule has 2 N–H and O–H groups in total. The molecule has 2 aliphatic rings. The van der Waals surface area contributed by atoms with Crippen molar-refractivity contribution in [2.75, 3.05) is 36.4 Å². The number of carbonyl (C=O) groups excluding carboxylic acids is 1. The summed E-state index contributed by atoms with van der Waals surface area (Å²) in [6.07, 6.45) is 11.1. The average Bonchev–Trinajstić information content (AvgIpc) is 3.57. The first-order chi connectivity index (χ1) is 18.2. The van der Waals surface area contributed by atoms with Crippen LogP contribution in [-0.4, -0.2) is 67.1 Å². The van der Waals surface area contributed by atoms with E-state index >= 15 is 0 Å². The summed E-state index contributed by atoms with van der Waals surface area (Å²) < 4.78 is 0. The zero-order chi connectivity index (χ0) is 24.8. The lowest BCUT2D eigenvalue weighted by molar-refractivity contribution is -0.136. The Hall–Kier alpha value is -4.12. The van der Waals surface area contributed by atoms with E-state index in [1.807, 2.05) is 23.2 Å². The van der Waals surface area contributed by atoms with Gasteiger partial charge in [-0.2, -0.15) is 5.10 Å². The second kappa shape index (κ2) is 9.07. The summed E-state index contributed by atoms with van der Waals surface area (Å²) in [6, 6.07) is 6.09. The van der Waals surface area contributed by atoms with Crippen molar-refractivity contribution in [3.05, 3.63) is 59.8 Å². The first kappa shape index (κ1) is 22.1. The number of hydrogen-bond acceptors (Lipinski definition) is 9. The maximum absolute atomic E-state index is 13.5. The number of H-pyrrole nitrogens is 1. The summed E-state index contributed by atoms with van der Waals surface area (Å²) in [7, 11) is 0. The third-order valence-corrected chi connectivity index (χ3v) is 8.52. The maximum Gasteiger partial charge on any atom is 0.226 e. The fourth-order valence-corrected chi connectivity index (χ4v) is 6.71. The van der Waals surface area contributed by atoms with Crippen LogP contribution in [0.5, 0.6) is 0 Å². The number of nitrogens with zero attached hydrogens (tertiary/aromatic N) is 7. The molecular formula is C26H25N9OS. The Morgan fingerprint density at radius 3 is 2.86 bits per heavy atom. The highest BCUT2D eigenvalue weighted by atomic mass is 32.1. The van der Waals surface area contributed by atoms with Crippen LogP contribution in [0.4, 0.5) is 17.3 Å². The quantitative estimate of drug-likeness (QED) is 0.376. The molecular weight excluding hydrogens is 486 g/mol. The van der Waals surface area contributed by atoms with Crippen LogP contribution >= 0.6 is 11.3 Å². The van der Waals surface area contributed by atoms with Crippen molar-refractivity contribution in [2.24, 2.45) is 5.92 Å². The van der Waals surface area contributed by atoms with Gasteiger partial charge in [-0.1, -0.05) is 0 Å². The van der Waals surface area contributed by atoms with Crippen LogP contribution < -0.4 is 10.2 Å². The van der Waals surface area contributed by atoms with Crippen molar-refractivity contribution in [1.29, 1.82) is 0 Å². The van der Waals surface area contributed by atoms with Crippen LogP contribution in [0.1, 0.15) is 16.9 Å². The minimum atomic E-state index is 0.0106. The number of aromatic nitrogens is 6. The molecule has 1 saturated heterocycles. The van der Waals surface area contributed by atoms with E-state index in [2.05, 4.69) is 46.4 Å². The topological polar surface area (TPSA) is 116 Å². The zero-order valence-electron chi connectivity index (χ0n) is 20.1. The molecule has 186 valence electrons. The first-order valence-electron chi connectivity index (χ1n) is 12.5. The maximum atomic E-state index is 13.5. The molecule has 1 amide bonds. The van der Waals surface area contributed by atoms with E-state index in [0.29, 0.717) is 13.1 Å². The van der Waals surface area contributed by atoms with Gasteiger partial charge in [0.25, 0.3) is 0 Å². The zero-order valence-corrected chi connectivity index (χ0v) is 20.9. The number of aromatic amines is 1. The number of amides is 1. The summed E-state index contributed by atoms with van der Waals surface area (Å²) in [4.78, 5) is 37.6. The van der Waals surface area contributed by atoms with Gasteiger partial charge in [0.1, 0.15) is 22.8 Å². The average molecular weight is 512 g/mol. The van der Waals surface area contributed by atoms with Crippen molar-refractivity contribution in [3.63, 3.8) is 0 Å². The normalized spacial score (nSPS) is 17.8. The van der Waals surface area contributed by atoms with E-state index in [1.54, 1.807) is 36.3 Å². The van der Waals surface area contributed by atoms with Gasteiger partial charge in [0.15, 0.2) is 0 Å². The van der Waals surface area contributed by atoms with E-state index in [4.69, 9.17) is 0 Å². The molecule has 1 aliphatic carbocycles. The summed E-state index contributed by atoms with van der Waals surface area (Å²) in [5, 5.41) is 12.7. The number of rotatable bonds is 4. The number of anilines is 3. The Labute approximate surface area is 216 Å². The number of piperazine rings is 1. The van der Waals surface area contributed by atoms with E-state index in [9.17, 15) is 4.79 Å². The molecule has 5 heterocycles. The second-order valence-corrected chi connectivity index (χ2v) is 10.6. The first-order valence-corrected chi connectivity index (χ1v) is 13.3. The Morgan fingerprint density at radius 2 is 2.00 bits per heavy atom. The fraction of sp³-hybridized carbons (Fsp3) is 0.308. The Morgan fingerprint density at radius 1 is 1.08 bits per heavy atom. The van der Waals surface area contributed by atoms with Crippen molar-refractivity contribution in [3.8, 4) is 0 Å². The largest absolute Gasteiger partial charge is 0.352 e. The van der Waals surface area contributed by atoms with Gasteiger partial charge >= 0.3 is 0 Å². The molecule has 1 aliphatic heterocycles. The van der Waals surface area contributed by atoms with Crippen LogP contribution in [0.25, 0.3) is 21.1 Å². The number of fused-ring (bicyclic) bond motifs is 4. The molecule has 0 spiro atoms. The summed E-state index contributed by atoms with van der Waals surface area (Å²) in [5.41, 5.74) is 3.24. The third kappa shape index (κ3) is 4.05. The SMILES string of the molecule is O=C([C@H]1CCc2c(sc3ncnc(Nc4ccc5[nH]ncc5c4)c23)C1)N1CCN(c2cnccn2)CC1. The number of benzene rings is 1. The summed E-state index contributed by atoms with van der Waals surface area (Å²) in [6.45, 7) is 2.98. The van der Waals surface area contributed by atoms with Crippen LogP contribution in [0, 0.1) is 5.92 Å². The van der Waals surface area contributed by atoms with Gasteiger partial charge < -0.3 is 15.1 Å². The van der Waals surface area contributed by atoms with Crippen LogP contribution in [0.15, 0.2) is 49.3 Å². The number of hydrogen-bond donors (Lipinski definition) is 2. The van der Waals surface area contributed by atoms with Gasteiger partial charge in [-0.25, -0.2) is 15.0 Å². The number of aryl methyl sites for hydroxylation is 1. The predicted molar refractivity (Wildman–Crippen MR) is 143 cm³/mol. The third-order valence-electron chi connectivity index (χ3n) is 7.36. The molecule has 0 bridgehead atoms. The standard InChI is InChI=1S/C26H25N9OS/c36-26(35-9-7-34(8-10-35)22-14-27-5-6-28-22)16-1-3-19-21(12-16)37-25-23(19)24(29-15-30-25)32-18-2-4-20-17(11-18)13-31-33-20/h2,4-6,11,13-16H,1,3,7-10,12H2,(H,31,33)(H,29,30,32)/t16-/m0/s1. The number of thiophene rings is 1. The molecule has 1 aromatic carbocycles. The number of nitrogens with one attached hydrogen (secondary N) is 2. The molecule has 5 aromatic rings. The molecule has 1 fully saturated rings. The molecule has 0 saturated carbocycles. The minimum absolute atomic E-state index is 0.0106. The van der Waals surface area contributed by atoms with E-state index < -0.39 is 0 Å². The van der Waals surface area contributed by atoms with Crippen LogP contribution in [0.2, 0.25) is 0 Å². The lowest BCUT2D eigenvalue weighted by atomic mass is 9.86. The van der Waals surface area contributed by atoms with Gasteiger partial charge in [-0.3, -0.25) is 14.9 Å². The molecule has 1 atom stereocenters. The van der Waals surface area contributed by atoms with E-state index in [1.165, 1.54) is 10.4 Å². The van der Waals surface area contributed by atoms with E-state index in [-0.39, 0.29) is 11.8 Å². The Balaban J connectivity index is 1.08. The monoisotopic (exact) mass is 511 g/mol. The van der Waals surface area contributed by atoms with Gasteiger partial charge in [-0.05, 0) is 43.0 Å². The van der Waals surface area contributed by atoms with Crippen LogP contribution in [0.3, 0.4) is 0 Å². The lowest BCUT2D eigenvalue weighted by Crippen LogP contribution is -2.51. The highest BCUT2D eigenvalue weighted by molar-refractivity contribution is 7.19. The minimum Gasteiger partial charge on any atom is -0.352 e. The Kier molecular flexibility index (Phi) is 5.42. The lowest BCUT2D eigenvalue weighted by Gasteiger charge is -2.37. The van der Waals surface area contributed by atoms with Gasteiger partial charge in [0.2, 0.25) is 5.91 Å². The van der Waals surface area contributed by atoms with Gasteiger partial charge in [0.05, 0.1) is 23.3 Å². The highest BCUT2D eigenvalue weighted by Crippen LogP contribution is 2.41. The molecule has 11 heteroatoms. The summed E-state index contributed by atoms with van der Waals surface area (Å²) >= 11 is 1.69. The second-order valence-electron chi connectivity index (χ2n) is 9.52. The highest BCUT2D eigenvalue weighted by Gasteiger charge is 2.33. The van der Waals surface area contributed by atoms with Crippen molar-refractivity contribution in [2.45, 2.75) is 19.3 Å². The van der Waals surface area contributed by atoms with Crippen LogP contribution in [-0.2, 0) is 17.6 Å². The molecule has 7 rings (SSSR count).